The fraction of sp³-hybridized carbons (Fsp3) is 0.0714. The highest BCUT2D eigenvalue weighted by Crippen LogP contribution is 2.17. The average molecular weight is 508 g/mol. The lowest BCUT2D eigenvalue weighted by atomic mass is 10.1. The van der Waals surface area contributed by atoms with Gasteiger partial charge in [-0.1, -0.05) is 18.2 Å². The van der Waals surface area contributed by atoms with Crippen LogP contribution in [-0.4, -0.2) is 28.1 Å². The van der Waals surface area contributed by atoms with Crippen LogP contribution in [0.3, 0.4) is 0 Å². The summed E-state index contributed by atoms with van der Waals surface area (Å²) in [5.74, 6) is -1.05. The zero-order chi connectivity index (χ0) is 20.8. The number of aromatic nitrogens is 1. The van der Waals surface area contributed by atoms with Crippen LogP contribution in [0, 0.1) is 10.1 Å². The van der Waals surface area contributed by atoms with Gasteiger partial charge in [-0.05, 0) is 68.5 Å². The summed E-state index contributed by atoms with van der Waals surface area (Å²) in [5.41, 5.74) is -0.169. The van der Waals surface area contributed by atoms with Crippen molar-refractivity contribution >= 4 is 81.7 Å². The van der Waals surface area contributed by atoms with E-state index >= 15 is 0 Å². The number of nitrogens with one attached hydrogen (secondary N) is 1. The quantitative estimate of drug-likeness (QED) is 0.277. The summed E-state index contributed by atoms with van der Waals surface area (Å²) >= 11 is 9.23. The van der Waals surface area contributed by atoms with E-state index in [1.807, 2.05) is 0 Å². The topological polar surface area (TPSA) is 102 Å². The molecule has 1 aromatic carbocycles. The van der Waals surface area contributed by atoms with Crippen LogP contribution < -0.4 is 5.32 Å². The minimum atomic E-state index is -0.674. The second-order valence-corrected chi connectivity index (χ2v) is 14.2. The zero-order valence-electron chi connectivity index (χ0n) is 13.8. The number of hydrogen-bond acceptors (Lipinski definition) is 7. The Kier molecular flexibility index (Phi) is 12.8. The highest BCUT2D eigenvalue weighted by molar-refractivity contribution is 8.63. The number of pyridine rings is 1. The van der Waals surface area contributed by atoms with Crippen molar-refractivity contribution in [2.45, 2.75) is 0 Å². The number of carbonyl (C=O) groups is 2. The van der Waals surface area contributed by atoms with Gasteiger partial charge in [-0.15, -0.1) is 0 Å². The van der Waals surface area contributed by atoms with Gasteiger partial charge in [0.15, 0.2) is 5.78 Å². The first-order valence-corrected chi connectivity index (χ1v) is 15.6. The summed E-state index contributed by atoms with van der Waals surface area (Å²) < 4.78 is 0. The van der Waals surface area contributed by atoms with Crippen molar-refractivity contribution < 1.29 is 14.5 Å². The van der Waals surface area contributed by atoms with E-state index in [4.69, 9.17) is 0 Å². The van der Waals surface area contributed by atoms with E-state index in [1.54, 1.807) is 30.5 Å². The summed E-state index contributed by atoms with van der Waals surface area (Å²) in [6, 6.07) is 10.4. The Hall–Kier alpha value is -1.39. The molecule has 0 saturated heterocycles. The van der Waals surface area contributed by atoms with Crippen molar-refractivity contribution in [1.29, 1.82) is 0 Å². The van der Waals surface area contributed by atoms with Crippen LogP contribution in [0.15, 0.2) is 48.7 Å². The fourth-order valence-electron chi connectivity index (χ4n) is 1.74. The maximum Gasteiger partial charge on any atom is 0.282 e. The summed E-state index contributed by atoms with van der Waals surface area (Å²) in [7, 11) is 6.83. The predicted molar refractivity (Wildman–Crippen MR) is 125 cm³/mol. The Morgan fingerprint density at radius 2 is 1.93 bits per heavy atom. The number of benzene rings is 1. The molecular formula is C14H11N3O4P2S5. The Bertz CT molecular complexity index is 1010. The normalized spacial score (nSPS) is 9.57. The lowest BCUT2D eigenvalue weighted by Crippen LogP contribution is -2.30. The van der Waals surface area contributed by atoms with Gasteiger partial charge in [-0.2, -0.15) is 0 Å². The van der Waals surface area contributed by atoms with E-state index in [2.05, 4.69) is 33.3 Å². The molecule has 0 aliphatic rings. The molecule has 1 amide bonds. The number of nitro benzene ring substituents is 1. The molecule has 2 aromatic rings. The van der Waals surface area contributed by atoms with Gasteiger partial charge in [-0.3, -0.25) is 24.7 Å². The van der Waals surface area contributed by atoms with E-state index in [9.17, 15) is 19.7 Å². The molecular weight excluding hydrogens is 496 g/mol. The Morgan fingerprint density at radius 1 is 1.21 bits per heavy atom. The number of amides is 1. The van der Waals surface area contributed by atoms with Crippen LogP contribution >= 0.6 is 14.1 Å². The summed E-state index contributed by atoms with van der Waals surface area (Å²) in [6.45, 7) is -0.276. The molecule has 28 heavy (non-hydrogen) atoms. The smallest absolute Gasteiger partial charge is 0.282 e. The lowest BCUT2D eigenvalue weighted by Gasteiger charge is -2.05. The molecule has 0 spiro atoms. The van der Waals surface area contributed by atoms with Gasteiger partial charge >= 0.3 is 0 Å². The van der Waals surface area contributed by atoms with Crippen LogP contribution in [0.2, 0.25) is 0 Å². The highest BCUT2D eigenvalue weighted by atomic mass is 33.3. The number of carbonyl (C=O) groups excluding carboxylic acids is 2. The summed E-state index contributed by atoms with van der Waals surface area (Å²) in [4.78, 5) is 37.8. The van der Waals surface area contributed by atoms with Crippen LogP contribution in [0.1, 0.15) is 20.8 Å². The fourth-order valence-corrected chi connectivity index (χ4v) is 11.3. The first-order valence-electron chi connectivity index (χ1n) is 7.12. The largest absolute Gasteiger partial charge is 0.344 e. The van der Waals surface area contributed by atoms with E-state index in [0.717, 1.165) is 7.04 Å². The molecule has 0 radical (unpaired) electrons. The number of nitro groups is 1. The third-order valence-electron chi connectivity index (χ3n) is 2.83. The highest BCUT2D eigenvalue weighted by Gasteiger charge is 2.19. The average Bonchev–Trinajstić information content (AvgIpc) is 2.73. The number of nitrogens with zero attached hydrogens (tertiary/aromatic N) is 2. The van der Waals surface area contributed by atoms with Gasteiger partial charge < -0.3 is 5.32 Å². The molecule has 146 valence electrons. The SMILES string of the molecule is O=C(CNC(=O)c1ccccc1[N+](=O)[O-])c1ccccn1.S=PP=S=S=S=S. The van der Waals surface area contributed by atoms with Gasteiger partial charge in [0.05, 0.1) is 11.5 Å². The van der Waals surface area contributed by atoms with E-state index in [0.29, 0.717) is 0 Å². The number of para-hydroxylation sites is 1. The molecule has 1 heterocycles. The molecule has 0 unspecified atom stereocenters. The second kappa shape index (κ2) is 14.6. The molecule has 1 aromatic heterocycles. The van der Waals surface area contributed by atoms with Crippen LogP contribution in [0.4, 0.5) is 5.69 Å². The van der Waals surface area contributed by atoms with E-state index in [-0.39, 0.29) is 29.3 Å². The number of hydrogen-bond donors (Lipinski definition) is 1. The molecule has 14 heteroatoms. The van der Waals surface area contributed by atoms with Gasteiger partial charge in [0.25, 0.3) is 11.6 Å². The van der Waals surface area contributed by atoms with E-state index < -0.39 is 10.8 Å². The van der Waals surface area contributed by atoms with Crippen LogP contribution in [-0.2, 0) is 50.3 Å². The van der Waals surface area contributed by atoms with Gasteiger partial charge in [-0.25, -0.2) is 0 Å². The van der Waals surface area contributed by atoms with E-state index in [1.165, 1.54) is 52.5 Å². The van der Waals surface area contributed by atoms with Crippen molar-refractivity contribution in [3.63, 3.8) is 0 Å². The van der Waals surface area contributed by atoms with Gasteiger partial charge in [0.1, 0.15) is 11.3 Å². The molecule has 0 aliphatic carbocycles. The first-order chi connectivity index (χ1) is 13.5. The standard InChI is InChI=1S/C14H11N3O4.P2S5/c18-13(11-6-3-4-8-15-11)9-16-14(19)10-5-1-2-7-12(10)17(20)21;3-1-2-5-7-6-4/h1-8H,9H2,(H,16,19);. The van der Waals surface area contributed by atoms with Crippen LogP contribution in [0.5, 0.6) is 0 Å². The number of ketones is 1. The Labute approximate surface area is 182 Å². The monoisotopic (exact) mass is 507 g/mol. The molecule has 0 bridgehead atoms. The third-order valence-corrected chi connectivity index (χ3v) is 12.8. The van der Waals surface area contributed by atoms with Crippen molar-refractivity contribution in [3.8, 4) is 0 Å². The first kappa shape index (κ1) is 24.6. The van der Waals surface area contributed by atoms with Crippen molar-refractivity contribution in [2.24, 2.45) is 0 Å². The summed E-state index contributed by atoms with van der Waals surface area (Å²) in [6.07, 6.45) is 1.47. The number of Topliss-reactive ketones (excluding diaryl/α,β-unsaturated/α-hetero) is 1. The Balaban J connectivity index is 0.000000480. The maximum absolute atomic E-state index is 11.9. The minimum Gasteiger partial charge on any atom is -0.344 e. The van der Waals surface area contributed by atoms with Crippen molar-refractivity contribution in [3.05, 3.63) is 70.0 Å². The molecule has 1 N–H and O–H groups in total. The Morgan fingerprint density at radius 3 is 2.54 bits per heavy atom. The molecule has 7 nitrogen and oxygen atoms in total. The number of rotatable bonds is 6. The minimum absolute atomic E-state index is 0.0867. The van der Waals surface area contributed by atoms with Crippen molar-refractivity contribution in [2.75, 3.05) is 6.54 Å². The molecule has 0 saturated carbocycles. The predicted octanol–water partition coefficient (Wildman–Crippen LogP) is 3.31. The van der Waals surface area contributed by atoms with Gasteiger partial charge in [0.2, 0.25) is 0 Å². The van der Waals surface area contributed by atoms with Gasteiger partial charge in [0, 0.05) is 26.4 Å². The lowest BCUT2D eigenvalue weighted by molar-refractivity contribution is -0.385. The van der Waals surface area contributed by atoms with Crippen LogP contribution in [0.25, 0.3) is 0 Å². The molecule has 0 aliphatic heterocycles. The second-order valence-electron chi connectivity index (χ2n) is 4.47. The zero-order valence-corrected chi connectivity index (χ0v) is 19.7. The molecule has 2 rings (SSSR count). The molecule has 0 atom stereocenters. The summed E-state index contributed by atoms with van der Waals surface area (Å²) in [5, 5.41) is 13.2. The molecule has 0 fully saturated rings. The maximum atomic E-state index is 11.9. The third kappa shape index (κ3) is 9.20. The van der Waals surface area contributed by atoms with Crippen molar-refractivity contribution in [1.82, 2.24) is 10.3 Å².